The number of ether oxygens (including phenoxy) is 1. The molecule has 1 amide bonds. The molecule has 4 aromatic rings. The molecule has 2 aromatic carbocycles. The Labute approximate surface area is 191 Å². The molecule has 5 rings (SSSR count). The number of carbonyl (C=O) groups is 1. The Balaban J connectivity index is 1.51. The van der Waals surface area contributed by atoms with Crippen LogP contribution in [0.25, 0.3) is 22.3 Å². The number of hydrogen-bond donors (Lipinski definition) is 1. The number of carbonyl (C=O) groups excluding carboxylic acids is 1. The molecule has 0 spiro atoms. The minimum atomic E-state index is -0.688. The van der Waals surface area contributed by atoms with Crippen LogP contribution in [0.2, 0.25) is 0 Å². The van der Waals surface area contributed by atoms with Crippen LogP contribution in [0.1, 0.15) is 25.5 Å². The molecule has 1 fully saturated rings. The van der Waals surface area contributed by atoms with E-state index in [0.717, 1.165) is 22.3 Å². The van der Waals surface area contributed by atoms with E-state index in [1.54, 1.807) is 23.5 Å². The first-order valence-electron chi connectivity index (χ1n) is 10.7. The van der Waals surface area contributed by atoms with Gasteiger partial charge in [0.05, 0.1) is 0 Å². The second-order valence-corrected chi connectivity index (χ2v) is 8.57. The van der Waals surface area contributed by atoms with Gasteiger partial charge < -0.3 is 9.72 Å². The van der Waals surface area contributed by atoms with Crippen LogP contribution in [-0.2, 0) is 4.74 Å². The van der Waals surface area contributed by atoms with Crippen molar-refractivity contribution < 1.29 is 9.53 Å². The highest BCUT2D eigenvalue weighted by molar-refractivity contribution is 5.92. The number of nitrogens with one attached hydrogen (secondary N) is 1. The highest BCUT2D eigenvalue weighted by atomic mass is 16.6. The maximum atomic E-state index is 12.8. The van der Waals surface area contributed by atoms with Gasteiger partial charge in [-0.05, 0) is 49.2 Å². The number of cyclic esters (lactones) is 1. The Bertz CT molecular complexity index is 1350. The van der Waals surface area contributed by atoms with Crippen molar-refractivity contribution in [1.82, 2.24) is 9.97 Å². The average molecular weight is 437 g/mol. The molecule has 33 heavy (non-hydrogen) atoms. The molecule has 3 heterocycles. The molecule has 2 aromatic heterocycles. The molecule has 164 valence electrons. The van der Waals surface area contributed by atoms with Crippen molar-refractivity contribution in [2.24, 2.45) is 0 Å². The molecule has 1 aliphatic heterocycles. The summed E-state index contributed by atoms with van der Waals surface area (Å²) in [4.78, 5) is 34.0. The van der Waals surface area contributed by atoms with Crippen molar-refractivity contribution in [3.63, 3.8) is 0 Å². The Morgan fingerprint density at radius 1 is 0.909 bits per heavy atom. The highest BCUT2D eigenvalue weighted by Crippen LogP contribution is 2.43. The fraction of sp³-hybridized carbons (Fsp3) is 0.148. The van der Waals surface area contributed by atoms with Crippen LogP contribution in [0.4, 0.5) is 10.5 Å². The van der Waals surface area contributed by atoms with Crippen LogP contribution >= 0.6 is 0 Å². The van der Waals surface area contributed by atoms with Crippen molar-refractivity contribution in [2.75, 3.05) is 4.90 Å². The van der Waals surface area contributed by atoms with E-state index in [2.05, 4.69) is 9.97 Å². The molecule has 1 saturated heterocycles. The van der Waals surface area contributed by atoms with Crippen LogP contribution < -0.4 is 10.5 Å². The van der Waals surface area contributed by atoms with Gasteiger partial charge in [-0.25, -0.2) is 4.79 Å². The van der Waals surface area contributed by atoms with Crippen LogP contribution in [0.5, 0.6) is 0 Å². The summed E-state index contributed by atoms with van der Waals surface area (Å²) in [5.41, 5.74) is 3.93. The van der Waals surface area contributed by atoms with E-state index >= 15 is 0 Å². The van der Waals surface area contributed by atoms with E-state index in [4.69, 9.17) is 4.74 Å². The number of amides is 1. The number of nitrogens with zero attached hydrogens (tertiary/aromatic N) is 2. The molecule has 1 N–H and O–H groups in total. The van der Waals surface area contributed by atoms with Gasteiger partial charge in [-0.2, -0.15) is 0 Å². The Morgan fingerprint density at radius 2 is 1.67 bits per heavy atom. The Hall–Kier alpha value is -4.19. The van der Waals surface area contributed by atoms with Gasteiger partial charge in [-0.1, -0.05) is 48.5 Å². The lowest BCUT2D eigenvalue weighted by Crippen LogP contribution is -2.33. The largest absolute Gasteiger partial charge is 0.441 e. The number of hydrogen-bond acceptors (Lipinski definition) is 4. The van der Waals surface area contributed by atoms with Crippen LogP contribution in [0, 0.1) is 0 Å². The molecule has 0 radical (unpaired) electrons. The number of anilines is 1. The summed E-state index contributed by atoms with van der Waals surface area (Å²) >= 11 is 0. The van der Waals surface area contributed by atoms with Crippen molar-refractivity contribution in [2.45, 2.75) is 25.5 Å². The Kier molecular flexibility index (Phi) is 5.05. The highest BCUT2D eigenvalue weighted by Gasteiger charge is 2.49. The van der Waals surface area contributed by atoms with Gasteiger partial charge in [-0.3, -0.25) is 14.7 Å². The van der Waals surface area contributed by atoms with Crippen LogP contribution in [0.3, 0.4) is 0 Å². The maximum absolute atomic E-state index is 12.8. The second kappa shape index (κ2) is 8.06. The predicted molar refractivity (Wildman–Crippen MR) is 128 cm³/mol. The van der Waals surface area contributed by atoms with Crippen LogP contribution in [0.15, 0.2) is 96.2 Å². The Morgan fingerprint density at radius 3 is 2.36 bits per heavy atom. The van der Waals surface area contributed by atoms with E-state index in [1.165, 1.54) is 0 Å². The molecule has 1 aliphatic rings. The predicted octanol–water partition coefficient (Wildman–Crippen LogP) is 5.58. The van der Waals surface area contributed by atoms with Gasteiger partial charge in [0.25, 0.3) is 5.56 Å². The lowest BCUT2D eigenvalue weighted by Gasteiger charge is -2.29. The van der Waals surface area contributed by atoms with Crippen molar-refractivity contribution in [3.05, 3.63) is 107 Å². The monoisotopic (exact) mass is 437 g/mol. The lowest BCUT2D eigenvalue weighted by atomic mass is 9.91. The van der Waals surface area contributed by atoms with Crippen molar-refractivity contribution in [1.29, 1.82) is 0 Å². The summed E-state index contributed by atoms with van der Waals surface area (Å²) in [7, 11) is 0. The normalized spacial score (nSPS) is 17.1. The summed E-state index contributed by atoms with van der Waals surface area (Å²) in [6, 6.07) is 22.7. The lowest BCUT2D eigenvalue weighted by molar-refractivity contribution is 0.0685. The number of H-pyrrole nitrogens is 1. The molecular weight excluding hydrogens is 414 g/mol. The zero-order chi connectivity index (χ0) is 23.0. The van der Waals surface area contributed by atoms with Gasteiger partial charge in [0.2, 0.25) is 0 Å². The van der Waals surface area contributed by atoms with Crippen molar-refractivity contribution >= 4 is 11.8 Å². The van der Waals surface area contributed by atoms with E-state index in [1.807, 2.05) is 86.6 Å². The maximum Gasteiger partial charge on any atom is 0.415 e. The number of rotatable bonds is 4. The summed E-state index contributed by atoms with van der Waals surface area (Å²) in [5.74, 6) is 0. The summed E-state index contributed by atoms with van der Waals surface area (Å²) < 4.78 is 5.71. The summed E-state index contributed by atoms with van der Waals surface area (Å²) in [6.07, 6.45) is 4.76. The first-order chi connectivity index (χ1) is 15.9. The topological polar surface area (TPSA) is 75.3 Å². The molecular formula is C27H23N3O3. The van der Waals surface area contributed by atoms with Gasteiger partial charge >= 0.3 is 6.09 Å². The number of benzene rings is 2. The van der Waals surface area contributed by atoms with E-state index in [9.17, 15) is 9.59 Å². The van der Waals surface area contributed by atoms with Gasteiger partial charge in [0, 0.05) is 41.0 Å². The van der Waals surface area contributed by atoms with Gasteiger partial charge in [0.15, 0.2) is 0 Å². The fourth-order valence-corrected chi connectivity index (χ4v) is 4.39. The molecule has 0 bridgehead atoms. The zero-order valence-corrected chi connectivity index (χ0v) is 18.4. The van der Waals surface area contributed by atoms with Crippen molar-refractivity contribution in [3.8, 4) is 22.3 Å². The third-order valence-corrected chi connectivity index (χ3v) is 5.93. The third-order valence-electron chi connectivity index (χ3n) is 5.93. The van der Waals surface area contributed by atoms with E-state index in [0.29, 0.717) is 11.3 Å². The zero-order valence-electron chi connectivity index (χ0n) is 18.4. The standard InChI is InChI=1S/C27H23N3O3/c1-27(2)24(19-7-4-3-5-8-19)30(26(32)33-27)22-12-10-18(11-13-22)23-15-21(17-29-25(23)31)20-9-6-14-28-16-20/h3-17,24H,1-2H3,(H,29,31)/t24-/m0/s1. The summed E-state index contributed by atoms with van der Waals surface area (Å²) in [5, 5.41) is 0. The minimum Gasteiger partial charge on any atom is -0.441 e. The number of pyridine rings is 2. The third kappa shape index (κ3) is 3.80. The number of aromatic nitrogens is 2. The van der Waals surface area contributed by atoms with Crippen LogP contribution in [-0.4, -0.2) is 21.7 Å². The second-order valence-electron chi connectivity index (χ2n) is 8.57. The molecule has 6 nitrogen and oxygen atoms in total. The average Bonchev–Trinajstić information content (AvgIpc) is 3.08. The van der Waals surface area contributed by atoms with Gasteiger partial charge in [0.1, 0.15) is 11.6 Å². The molecule has 0 unspecified atom stereocenters. The molecule has 0 saturated carbocycles. The van der Waals surface area contributed by atoms with Gasteiger partial charge in [-0.15, -0.1) is 0 Å². The SMILES string of the molecule is CC1(C)OC(=O)N(c2ccc(-c3cc(-c4cccnc4)c[nH]c3=O)cc2)[C@H]1c1ccccc1. The quantitative estimate of drug-likeness (QED) is 0.452. The first-order valence-corrected chi connectivity index (χ1v) is 10.7. The molecule has 1 atom stereocenters. The smallest absolute Gasteiger partial charge is 0.415 e. The van der Waals surface area contributed by atoms with E-state index in [-0.39, 0.29) is 11.6 Å². The fourth-order valence-electron chi connectivity index (χ4n) is 4.39. The molecule has 0 aliphatic carbocycles. The summed E-state index contributed by atoms with van der Waals surface area (Å²) in [6.45, 7) is 3.83. The number of aromatic amines is 1. The minimum absolute atomic E-state index is 0.181. The van der Waals surface area contributed by atoms with E-state index < -0.39 is 11.7 Å². The first kappa shape index (κ1) is 20.7. The molecule has 6 heteroatoms.